The number of ether oxygens (including phenoxy) is 3. The number of anilines is 1. The van der Waals surface area contributed by atoms with Gasteiger partial charge in [0.1, 0.15) is 18.1 Å². The summed E-state index contributed by atoms with van der Waals surface area (Å²) in [6.07, 6.45) is 23.2. The van der Waals surface area contributed by atoms with E-state index in [1.54, 1.807) is 14.2 Å². The van der Waals surface area contributed by atoms with E-state index in [9.17, 15) is 29.4 Å². The summed E-state index contributed by atoms with van der Waals surface area (Å²) < 4.78 is 18.6. The summed E-state index contributed by atoms with van der Waals surface area (Å²) in [5.41, 5.74) is 14.1. The molecule has 1 saturated carbocycles. The lowest BCUT2D eigenvalue weighted by Gasteiger charge is -2.36. The zero-order valence-electron chi connectivity index (χ0n) is 48.6. The van der Waals surface area contributed by atoms with Gasteiger partial charge in [-0.05, 0) is 148 Å². The summed E-state index contributed by atoms with van der Waals surface area (Å²) >= 11 is 0. The van der Waals surface area contributed by atoms with E-state index >= 15 is 0 Å². The van der Waals surface area contributed by atoms with Gasteiger partial charge in [0.25, 0.3) is 6.47 Å². The van der Waals surface area contributed by atoms with Crippen LogP contribution in [0.15, 0.2) is 73.0 Å². The fraction of sp³-hybridized carbons (Fsp3) is 0.565. The number of aryl methyl sites for hydroxylation is 2. The molecule has 0 spiro atoms. The molecule has 4 aliphatic rings. The second-order valence-corrected chi connectivity index (χ2v) is 22.0. The van der Waals surface area contributed by atoms with Crippen molar-refractivity contribution in [2.45, 2.75) is 131 Å². The first-order valence-electron chi connectivity index (χ1n) is 28.4. The number of phenolic OH excluding ortho intramolecular Hbond substituents is 1. The largest absolute Gasteiger partial charge is 0.508 e. The number of fused-ring (bicyclic) bond motifs is 1. The van der Waals surface area contributed by atoms with E-state index in [1.165, 1.54) is 30.6 Å². The Hall–Kier alpha value is -5.95. The van der Waals surface area contributed by atoms with E-state index < -0.39 is 11.9 Å². The first-order chi connectivity index (χ1) is 38.1. The molecule has 0 radical (unpaired) electrons. The predicted molar refractivity (Wildman–Crippen MR) is 316 cm³/mol. The third-order valence-corrected chi connectivity index (χ3v) is 15.0. The zero-order valence-corrected chi connectivity index (χ0v) is 48.6. The quantitative estimate of drug-likeness (QED) is 0.0251. The molecule has 4 atom stereocenters. The molecule has 4 unspecified atom stereocenters. The van der Waals surface area contributed by atoms with E-state index in [0.717, 1.165) is 147 Å². The molecule has 2 aliphatic heterocycles. The minimum atomic E-state index is -0.493. The van der Waals surface area contributed by atoms with Crippen LogP contribution in [0.1, 0.15) is 122 Å². The van der Waals surface area contributed by atoms with E-state index in [-0.39, 0.29) is 36.4 Å². The maximum Gasteiger partial charge on any atom is 0.293 e. The number of carbonyl (C=O) groups excluding carboxylic acids is 4. The summed E-state index contributed by atoms with van der Waals surface area (Å²) in [5.74, 6) is 9.06. The van der Waals surface area contributed by atoms with Gasteiger partial charge in [0, 0.05) is 102 Å². The number of primary amides is 1. The average Bonchev–Trinajstić information content (AvgIpc) is 4.05. The molecule has 2 saturated heterocycles. The van der Waals surface area contributed by atoms with Gasteiger partial charge in [-0.1, -0.05) is 64.1 Å². The number of hydrogen-bond acceptors (Lipinski definition) is 14. The number of piperazine rings is 1. The number of aliphatic hydroxyl groups excluding tert-OH is 1. The smallest absolute Gasteiger partial charge is 0.293 e. The fourth-order valence-corrected chi connectivity index (χ4v) is 10.7. The molecule has 79 heavy (non-hydrogen) atoms. The van der Waals surface area contributed by atoms with Crippen LogP contribution in [-0.4, -0.2) is 134 Å². The molecule has 2 aromatic heterocycles. The molecular formula is C62H94N8O9. The van der Waals surface area contributed by atoms with Gasteiger partial charge in [-0.25, -0.2) is 0 Å². The van der Waals surface area contributed by atoms with Crippen LogP contribution in [0.5, 0.6) is 5.75 Å². The highest BCUT2D eigenvalue weighted by Crippen LogP contribution is 2.45. The lowest BCUT2D eigenvalue weighted by Crippen LogP contribution is -2.46. The standard InChI is InChI=1S/C45H60N4O6.C7H14N2O2.C6H8.C4H8O.H4N2/c1-6-49-42-12-11-34(36-21-32(22-38(53)24-36)9-7-10-33-23-35(33)13-20-51)25-39(42)41(27-45(3,4)29-55-30-52)44(49)40-26-37(28-46-43(40)31(2)54-5)48-17-15-47(16-18-48)14-8-19-50;1-5(2)6(7(8)11)9(3)4-10;1-2-4-6-5-3-1;1-2-4-5-3-1;1-2/h11-12,20-22,24-26,28,30-31,33,35,50,53H,6-10,13-19,23,27,29H2,1-5H3;4-6H,1-3H3,(H2,8,11);1-4H,5-6H2;1-4H2;1-2H2. The van der Waals surface area contributed by atoms with Gasteiger partial charge in [-0.3, -0.25) is 36.0 Å². The monoisotopic (exact) mass is 1090 g/mol. The SMILES string of the molecule is C1=CCCC=C1.C1CCOC1.CC(C)C(C(N)=O)N(C)C=O.CCn1c(-c2cc(N3CCN(CCCO)CC3)cnc2C(C)OC)c(CC(C)(C)COC=O)c2cc(-c3cc(O)cc(CCCC4CC4CC=O)c3)ccc21.NN. The topological polar surface area (TPSA) is 242 Å². The Labute approximate surface area is 470 Å². The van der Waals surface area contributed by atoms with Crippen LogP contribution in [0.3, 0.4) is 0 Å². The van der Waals surface area contributed by atoms with Crippen LogP contribution in [0, 0.1) is 23.2 Å². The third-order valence-electron chi connectivity index (χ3n) is 15.0. The Bertz CT molecular complexity index is 2530. The summed E-state index contributed by atoms with van der Waals surface area (Å²) in [6, 6.07) is 14.3. The number of aldehydes is 1. The average molecular weight is 1100 g/mol. The van der Waals surface area contributed by atoms with Crippen molar-refractivity contribution in [1.82, 2.24) is 19.4 Å². The number of carbonyl (C=O) groups is 4. The Morgan fingerprint density at radius 2 is 1.65 bits per heavy atom. The van der Waals surface area contributed by atoms with Crippen molar-refractivity contribution in [1.29, 1.82) is 0 Å². The van der Waals surface area contributed by atoms with E-state index in [2.05, 4.69) is 101 Å². The van der Waals surface area contributed by atoms with E-state index in [0.29, 0.717) is 37.6 Å². The maximum absolute atomic E-state index is 11.4. The number of methoxy groups -OCH3 is 1. The molecule has 4 heterocycles. The van der Waals surface area contributed by atoms with Gasteiger partial charge in [0.05, 0.1) is 36.0 Å². The van der Waals surface area contributed by atoms with Gasteiger partial charge in [-0.15, -0.1) is 0 Å². The van der Waals surface area contributed by atoms with Gasteiger partial charge in [0.2, 0.25) is 12.3 Å². The van der Waals surface area contributed by atoms with Crippen LogP contribution >= 0.6 is 0 Å². The maximum atomic E-state index is 11.4. The number of nitrogens with zero attached hydrogens (tertiary/aromatic N) is 5. The number of aromatic nitrogens is 2. The van der Waals surface area contributed by atoms with E-state index in [1.807, 2.05) is 39.1 Å². The van der Waals surface area contributed by atoms with Crippen LogP contribution in [0.25, 0.3) is 33.3 Å². The molecule has 2 amide bonds. The Morgan fingerprint density at radius 1 is 0.949 bits per heavy atom. The van der Waals surface area contributed by atoms with Crippen molar-refractivity contribution in [2.75, 3.05) is 78.2 Å². The van der Waals surface area contributed by atoms with Gasteiger partial charge in [-0.2, -0.15) is 0 Å². The van der Waals surface area contributed by atoms with Crippen molar-refractivity contribution in [3.8, 4) is 28.1 Å². The van der Waals surface area contributed by atoms with Gasteiger partial charge in [0.15, 0.2) is 0 Å². The minimum Gasteiger partial charge on any atom is -0.508 e. The molecule has 4 aromatic rings. The number of phenols is 1. The summed E-state index contributed by atoms with van der Waals surface area (Å²) in [5, 5.41) is 21.4. The third kappa shape index (κ3) is 20.3. The number of aliphatic hydroxyl groups is 1. The van der Waals surface area contributed by atoms with Crippen LogP contribution < -0.4 is 22.3 Å². The summed E-state index contributed by atoms with van der Waals surface area (Å²) in [7, 11) is 3.26. The van der Waals surface area contributed by atoms with Crippen molar-refractivity contribution in [3.05, 3.63) is 89.8 Å². The molecular weight excluding hydrogens is 1000 g/mol. The highest BCUT2D eigenvalue weighted by molar-refractivity contribution is 5.96. The highest BCUT2D eigenvalue weighted by atomic mass is 16.5. The van der Waals surface area contributed by atoms with Gasteiger partial charge < -0.3 is 49.3 Å². The number of allylic oxidation sites excluding steroid dienone is 4. The van der Waals surface area contributed by atoms with Crippen LogP contribution in [0.4, 0.5) is 5.69 Å². The number of hydrazine groups is 1. The van der Waals surface area contributed by atoms with E-state index in [4.69, 9.17) is 24.9 Å². The first-order valence-corrected chi connectivity index (χ1v) is 28.4. The first kappa shape index (κ1) is 65.6. The van der Waals surface area contributed by atoms with Crippen molar-refractivity contribution in [2.24, 2.45) is 40.6 Å². The highest BCUT2D eigenvalue weighted by Gasteiger charge is 2.35. The molecule has 8 rings (SSSR count). The Morgan fingerprint density at radius 3 is 2.18 bits per heavy atom. The van der Waals surface area contributed by atoms with Gasteiger partial charge >= 0.3 is 0 Å². The van der Waals surface area contributed by atoms with Crippen molar-refractivity contribution >= 4 is 41.7 Å². The summed E-state index contributed by atoms with van der Waals surface area (Å²) in [4.78, 5) is 54.5. The van der Waals surface area contributed by atoms with Crippen molar-refractivity contribution in [3.63, 3.8) is 0 Å². The molecule has 8 N–H and O–H groups in total. The molecule has 17 nitrogen and oxygen atoms in total. The molecule has 436 valence electrons. The molecule has 17 heteroatoms. The second-order valence-electron chi connectivity index (χ2n) is 22.0. The Balaban J connectivity index is 0.000000461. The number of likely N-dealkylation sites (N-methyl/N-ethyl adjacent to an activating group) is 1. The number of nitrogens with two attached hydrogens (primary N) is 3. The molecule has 2 aliphatic carbocycles. The number of aromatic hydroxyl groups is 1. The normalized spacial score (nSPS) is 17.4. The second kappa shape index (κ2) is 34.3. The molecule has 0 bridgehead atoms. The number of hydrogen-bond donors (Lipinski definition) is 5. The lowest BCUT2D eigenvalue weighted by molar-refractivity contribution is -0.131. The Kier molecular flexibility index (Phi) is 28.4. The van der Waals surface area contributed by atoms with Crippen molar-refractivity contribution < 1.29 is 43.6 Å². The molecule has 3 fully saturated rings. The van der Waals surface area contributed by atoms with Crippen LogP contribution in [0.2, 0.25) is 0 Å². The lowest BCUT2D eigenvalue weighted by atomic mass is 9.84. The van der Waals surface area contributed by atoms with Crippen LogP contribution in [-0.2, 0) is 52.8 Å². The number of benzene rings is 2. The number of rotatable bonds is 24. The minimum absolute atomic E-state index is 0.0581. The zero-order chi connectivity index (χ0) is 57.9. The number of pyridine rings is 1. The summed E-state index contributed by atoms with van der Waals surface area (Å²) in [6.45, 7) is 20.4. The predicted octanol–water partition coefficient (Wildman–Crippen LogP) is 8.69. The number of amides is 2. The fourth-order valence-electron chi connectivity index (χ4n) is 10.7. The molecule has 2 aromatic carbocycles.